The Morgan fingerprint density at radius 2 is 1.55 bits per heavy atom. The number of para-hydroxylation sites is 1. The molecule has 7 heteroatoms. The topological polar surface area (TPSA) is 84.2 Å². The van der Waals surface area contributed by atoms with Gasteiger partial charge in [-0.2, -0.15) is 0 Å². The van der Waals surface area contributed by atoms with E-state index in [1.165, 1.54) is 12.1 Å². The van der Waals surface area contributed by atoms with Crippen molar-refractivity contribution in [1.82, 2.24) is 0 Å². The van der Waals surface area contributed by atoms with Gasteiger partial charge in [-0.15, -0.1) is 0 Å². The molecule has 0 aliphatic heterocycles. The molecule has 0 aromatic heterocycles. The smallest absolute Gasteiger partial charge is 0.261 e. The van der Waals surface area contributed by atoms with Crippen LogP contribution in [-0.4, -0.2) is 13.5 Å². The van der Waals surface area contributed by atoms with E-state index >= 15 is 0 Å². The van der Waals surface area contributed by atoms with Gasteiger partial charge in [0.1, 0.15) is 0 Å². The molecule has 4 N–H and O–H groups in total. The molecule has 104 valence electrons. The highest BCUT2D eigenvalue weighted by Gasteiger charge is 2.13. The molecule has 0 aliphatic carbocycles. The molecule has 0 bridgehead atoms. The van der Waals surface area contributed by atoms with Gasteiger partial charge >= 0.3 is 0 Å². The van der Waals surface area contributed by atoms with Gasteiger partial charge in [-0.05, 0) is 48.6 Å². The highest BCUT2D eigenvalue weighted by molar-refractivity contribution is 7.92. The Labute approximate surface area is 122 Å². The van der Waals surface area contributed by atoms with Crippen LogP contribution in [0.25, 0.3) is 0 Å². The largest absolute Gasteiger partial charge is 0.376 e. The van der Waals surface area contributed by atoms with Crippen molar-refractivity contribution in [2.75, 3.05) is 10.0 Å². The first-order valence-corrected chi connectivity index (χ1v) is 7.61. The van der Waals surface area contributed by atoms with Gasteiger partial charge in [-0.1, -0.05) is 18.2 Å². The molecule has 0 atom stereocenters. The zero-order chi connectivity index (χ0) is 14.6. The quantitative estimate of drug-likeness (QED) is 0.754. The molecule has 0 radical (unpaired) electrons. The average molecular weight is 307 g/mol. The van der Waals surface area contributed by atoms with Gasteiger partial charge in [-0.25, -0.2) is 8.42 Å². The van der Waals surface area contributed by atoms with E-state index in [0.717, 1.165) is 0 Å². The fourth-order valence-corrected chi connectivity index (χ4v) is 2.76. The maximum Gasteiger partial charge on any atom is 0.261 e. The van der Waals surface area contributed by atoms with Crippen LogP contribution in [0.4, 0.5) is 11.4 Å². The van der Waals surface area contributed by atoms with Crippen LogP contribution in [0.3, 0.4) is 0 Å². The first-order valence-electron chi connectivity index (χ1n) is 5.72. The summed E-state index contributed by atoms with van der Waals surface area (Å²) in [4.78, 5) is 0.162. The van der Waals surface area contributed by atoms with E-state index in [0.29, 0.717) is 11.4 Å². The monoisotopic (exact) mass is 307 g/mol. The van der Waals surface area contributed by atoms with Crippen LogP contribution in [0, 0.1) is 0 Å². The van der Waals surface area contributed by atoms with Gasteiger partial charge in [0.15, 0.2) is 5.11 Å². The maximum absolute atomic E-state index is 12.2. The predicted octanol–water partition coefficient (Wildman–Crippen LogP) is 2.14. The summed E-state index contributed by atoms with van der Waals surface area (Å²) in [5.41, 5.74) is 6.49. The van der Waals surface area contributed by atoms with E-state index in [4.69, 9.17) is 18.0 Å². The summed E-state index contributed by atoms with van der Waals surface area (Å²) in [5.74, 6) is 0. The minimum atomic E-state index is -3.60. The van der Waals surface area contributed by atoms with Gasteiger partial charge in [0.2, 0.25) is 0 Å². The fourth-order valence-electron chi connectivity index (χ4n) is 1.58. The van der Waals surface area contributed by atoms with Crippen molar-refractivity contribution in [3.05, 3.63) is 54.6 Å². The van der Waals surface area contributed by atoms with E-state index in [9.17, 15) is 8.42 Å². The van der Waals surface area contributed by atoms with E-state index in [1.807, 2.05) is 6.07 Å². The highest BCUT2D eigenvalue weighted by Crippen LogP contribution is 2.17. The van der Waals surface area contributed by atoms with Crippen LogP contribution in [-0.2, 0) is 10.0 Å². The van der Waals surface area contributed by atoms with Crippen LogP contribution in [0.1, 0.15) is 0 Å². The van der Waals surface area contributed by atoms with Crippen molar-refractivity contribution in [3.63, 3.8) is 0 Å². The van der Waals surface area contributed by atoms with Crippen molar-refractivity contribution < 1.29 is 8.42 Å². The summed E-state index contributed by atoms with van der Waals surface area (Å²) >= 11 is 4.71. The highest BCUT2D eigenvalue weighted by atomic mass is 32.2. The van der Waals surface area contributed by atoms with E-state index in [-0.39, 0.29) is 10.0 Å². The van der Waals surface area contributed by atoms with E-state index in [1.54, 1.807) is 36.4 Å². The summed E-state index contributed by atoms with van der Waals surface area (Å²) in [7, 11) is -3.60. The Morgan fingerprint density at radius 3 is 2.10 bits per heavy atom. The van der Waals surface area contributed by atoms with Gasteiger partial charge < -0.3 is 11.1 Å². The molecule has 0 aliphatic rings. The second kappa shape index (κ2) is 5.89. The molecule has 0 amide bonds. The third kappa shape index (κ3) is 3.69. The van der Waals surface area contributed by atoms with Crippen LogP contribution < -0.4 is 15.8 Å². The summed E-state index contributed by atoms with van der Waals surface area (Å²) in [6.07, 6.45) is 0. The molecule has 0 unspecified atom stereocenters. The standard InChI is InChI=1S/C13H13N3O2S2/c14-13(19)15-10-6-8-12(9-7-10)20(17,18)16-11-4-2-1-3-5-11/h1-9,16H,(H3,14,15,19). The molecule has 20 heavy (non-hydrogen) atoms. The summed E-state index contributed by atoms with van der Waals surface area (Å²) in [6, 6.07) is 14.8. The Morgan fingerprint density at radius 1 is 0.950 bits per heavy atom. The number of thiocarbonyl (C=S) groups is 1. The predicted molar refractivity (Wildman–Crippen MR) is 84.1 cm³/mol. The van der Waals surface area contributed by atoms with Crippen LogP contribution in [0.15, 0.2) is 59.5 Å². The van der Waals surface area contributed by atoms with Gasteiger partial charge in [0, 0.05) is 11.4 Å². The molecular formula is C13H13N3O2S2. The summed E-state index contributed by atoms with van der Waals surface area (Å²) in [6.45, 7) is 0. The fraction of sp³-hybridized carbons (Fsp3) is 0. The van der Waals surface area contributed by atoms with Crippen molar-refractivity contribution in [2.45, 2.75) is 4.90 Å². The lowest BCUT2D eigenvalue weighted by atomic mass is 10.3. The summed E-state index contributed by atoms with van der Waals surface area (Å²) < 4.78 is 26.8. The molecule has 0 saturated carbocycles. The molecule has 2 aromatic rings. The Kier molecular flexibility index (Phi) is 4.21. The van der Waals surface area contributed by atoms with Crippen molar-refractivity contribution >= 4 is 38.7 Å². The molecule has 0 fully saturated rings. The zero-order valence-electron chi connectivity index (χ0n) is 10.4. The van der Waals surface area contributed by atoms with Gasteiger partial charge in [0.25, 0.3) is 10.0 Å². The number of nitrogens with one attached hydrogen (secondary N) is 2. The number of nitrogens with two attached hydrogens (primary N) is 1. The molecule has 0 spiro atoms. The lowest BCUT2D eigenvalue weighted by molar-refractivity contribution is 0.601. The number of hydrogen-bond acceptors (Lipinski definition) is 3. The number of anilines is 2. The zero-order valence-corrected chi connectivity index (χ0v) is 12.0. The third-order valence-corrected chi connectivity index (χ3v) is 3.96. The molecule has 5 nitrogen and oxygen atoms in total. The lowest BCUT2D eigenvalue weighted by Crippen LogP contribution is -2.19. The number of sulfonamides is 1. The first kappa shape index (κ1) is 14.3. The van der Waals surface area contributed by atoms with Gasteiger partial charge in [-0.3, -0.25) is 4.72 Å². The van der Waals surface area contributed by atoms with Crippen molar-refractivity contribution in [1.29, 1.82) is 0 Å². The van der Waals surface area contributed by atoms with Crippen LogP contribution in [0.5, 0.6) is 0 Å². The van der Waals surface area contributed by atoms with E-state index in [2.05, 4.69) is 10.0 Å². The maximum atomic E-state index is 12.2. The van der Waals surface area contributed by atoms with E-state index < -0.39 is 10.0 Å². The number of benzene rings is 2. The second-order valence-electron chi connectivity index (χ2n) is 3.99. The molecule has 2 aromatic carbocycles. The number of rotatable bonds is 4. The SMILES string of the molecule is NC(=S)Nc1ccc(S(=O)(=O)Nc2ccccc2)cc1. The minimum absolute atomic E-state index is 0.128. The normalized spacial score (nSPS) is 10.8. The molecule has 0 heterocycles. The second-order valence-corrected chi connectivity index (χ2v) is 6.11. The molecule has 0 saturated heterocycles. The van der Waals surface area contributed by atoms with Crippen LogP contribution >= 0.6 is 12.2 Å². The Balaban J connectivity index is 2.19. The molecular weight excluding hydrogens is 294 g/mol. The first-order chi connectivity index (χ1) is 9.47. The average Bonchev–Trinajstić information content (AvgIpc) is 2.39. The van der Waals surface area contributed by atoms with Crippen LogP contribution in [0.2, 0.25) is 0 Å². The Bertz CT molecular complexity index is 698. The third-order valence-electron chi connectivity index (χ3n) is 2.46. The van der Waals surface area contributed by atoms with Crippen molar-refractivity contribution in [2.24, 2.45) is 5.73 Å². The Hall–Kier alpha value is -2.12. The minimum Gasteiger partial charge on any atom is -0.376 e. The van der Waals surface area contributed by atoms with Crippen molar-refractivity contribution in [3.8, 4) is 0 Å². The lowest BCUT2D eigenvalue weighted by Gasteiger charge is -2.09. The molecule has 2 rings (SSSR count). The summed E-state index contributed by atoms with van der Waals surface area (Å²) in [5, 5.41) is 2.85. The van der Waals surface area contributed by atoms with Gasteiger partial charge in [0.05, 0.1) is 4.90 Å². The number of hydrogen-bond donors (Lipinski definition) is 3.